The van der Waals surface area contributed by atoms with Gasteiger partial charge < -0.3 is 25.4 Å². The number of carbonyl (C=O) groups is 4. The van der Waals surface area contributed by atoms with E-state index >= 15 is 0 Å². The zero-order valence-corrected chi connectivity index (χ0v) is 24.2. The number of amides is 3. The second kappa shape index (κ2) is 12.3. The molecule has 0 radical (unpaired) electrons. The summed E-state index contributed by atoms with van der Waals surface area (Å²) in [5.41, 5.74) is -0.779. The van der Waals surface area contributed by atoms with Crippen molar-refractivity contribution in [1.82, 2.24) is 15.5 Å². The lowest BCUT2D eigenvalue weighted by Crippen LogP contribution is -2.58. The van der Waals surface area contributed by atoms with E-state index in [0.717, 1.165) is 51.4 Å². The third-order valence-electron chi connectivity index (χ3n) is 8.63. The first-order valence-corrected chi connectivity index (χ1v) is 14.5. The van der Waals surface area contributed by atoms with Crippen LogP contribution in [0.3, 0.4) is 0 Å². The number of rotatable bonds is 3. The van der Waals surface area contributed by atoms with Crippen LogP contribution in [-0.2, 0) is 19.1 Å². The van der Waals surface area contributed by atoms with Crippen LogP contribution in [0.15, 0.2) is 0 Å². The van der Waals surface area contributed by atoms with E-state index in [0.29, 0.717) is 19.4 Å². The fourth-order valence-corrected chi connectivity index (χ4v) is 6.35. The number of Topliss-reactive ketones (excluding diaryl/α,β-unsaturated/α-hetero) is 1. The van der Waals surface area contributed by atoms with E-state index in [4.69, 9.17) is 4.74 Å². The lowest BCUT2D eigenvalue weighted by atomic mass is 9.97. The van der Waals surface area contributed by atoms with E-state index in [9.17, 15) is 24.3 Å². The number of piperidine rings is 1. The zero-order valence-electron chi connectivity index (χ0n) is 24.2. The number of aliphatic hydroxyl groups excluding tert-OH is 1. The number of nitrogens with zero attached hydrogens (tertiary/aromatic N) is 1. The molecule has 3 N–H and O–H groups in total. The lowest BCUT2D eigenvalue weighted by Gasteiger charge is -2.34. The third kappa shape index (κ3) is 7.48. The van der Waals surface area contributed by atoms with E-state index in [1.807, 2.05) is 0 Å². The van der Waals surface area contributed by atoms with Crippen molar-refractivity contribution in [1.29, 1.82) is 0 Å². The van der Waals surface area contributed by atoms with Gasteiger partial charge >= 0.3 is 6.09 Å². The van der Waals surface area contributed by atoms with Gasteiger partial charge in [0.25, 0.3) is 0 Å². The van der Waals surface area contributed by atoms with Crippen molar-refractivity contribution in [2.75, 3.05) is 6.54 Å². The summed E-state index contributed by atoms with van der Waals surface area (Å²) in [5, 5.41) is 16.3. The van der Waals surface area contributed by atoms with Crippen molar-refractivity contribution >= 4 is 23.7 Å². The Morgan fingerprint density at radius 2 is 1.58 bits per heavy atom. The average Bonchev–Trinajstić information content (AvgIpc) is 3.14. The number of hydrogen-bond donors (Lipinski definition) is 3. The molecule has 216 valence electrons. The van der Waals surface area contributed by atoms with Crippen molar-refractivity contribution in [2.45, 2.75) is 136 Å². The van der Waals surface area contributed by atoms with Crippen molar-refractivity contribution in [3.63, 3.8) is 0 Å². The predicted octanol–water partition coefficient (Wildman–Crippen LogP) is 3.71. The van der Waals surface area contributed by atoms with Crippen LogP contribution >= 0.6 is 0 Å². The number of fused-ring (bicyclic) bond motifs is 3. The number of nitrogens with one attached hydrogen (secondary N) is 2. The molecule has 0 aromatic carbocycles. The van der Waals surface area contributed by atoms with E-state index in [-0.39, 0.29) is 34.8 Å². The van der Waals surface area contributed by atoms with Gasteiger partial charge in [0.15, 0.2) is 5.78 Å². The van der Waals surface area contributed by atoms with Crippen molar-refractivity contribution in [2.24, 2.45) is 17.3 Å². The molecule has 1 aliphatic carbocycles. The Hall–Kier alpha value is -2.16. The van der Waals surface area contributed by atoms with Crippen molar-refractivity contribution in [3.8, 4) is 0 Å². The molecule has 38 heavy (non-hydrogen) atoms. The van der Waals surface area contributed by atoms with Crippen LogP contribution in [0, 0.1) is 17.3 Å². The Labute approximate surface area is 227 Å². The summed E-state index contributed by atoms with van der Waals surface area (Å²) in [6.45, 7) is 11.3. The van der Waals surface area contributed by atoms with Gasteiger partial charge in [-0.25, -0.2) is 4.79 Å². The van der Waals surface area contributed by atoms with Gasteiger partial charge in [-0.3, -0.25) is 14.4 Å². The molecule has 1 unspecified atom stereocenters. The van der Waals surface area contributed by atoms with Gasteiger partial charge in [-0.05, 0) is 57.8 Å². The minimum absolute atomic E-state index is 0.00849. The van der Waals surface area contributed by atoms with Gasteiger partial charge in [0.05, 0.1) is 6.04 Å². The SMILES string of the molecule is CC(=O)C(O)[C@@H]1CCCCCCCCCC[C@H](NC(=O)OC(C)(C)C)C(=O)N2C[C@H]3[C@@H]([C@H]2C(=O)N1)C3(C)C. The number of ether oxygens (including phenoxy) is 1. The van der Waals surface area contributed by atoms with Crippen LogP contribution in [0.4, 0.5) is 4.79 Å². The molecule has 2 saturated heterocycles. The van der Waals surface area contributed by atoms with E-state index < -0.39 is 35.9 Å². The normalized spacial score (nSPS) is 31.8. The smallest absolute Gasteiger partial charge is 0.408 e. The summed E-state index contributed by atoms with van der Waals surface area (Å²) in [5.74, 6) is -0.808. The van der Waals surface area contributed by atoms with Crippen LogP contribution in [0.5, 0.6) is 0 Å². The number of alkyl carbamates (subject to hydrolysis) is 1. The van der Waals surface area contributed by atoms with Gasteiger partial charge in [-0.1, -0.05) is 65.2 Å². The molecule has 9 heteroatoms. The van der Waals surface area contributed by atoms with E-state index in [1.54, 1.807) is 25.7 Å². The third-order valence-corrected chi connectivity index (χ3v) is 8.63. The quantitative estimate of drug-likeness (QED) is 0.506. The molecule has 0 aromatic rings. The summed E-state index contributed by atoms with van der Waals surface area (Å²) < 4.78 is 5.44. The Kier molecular flexibility index (Phi) is 9.87. The van der Waals surface area contributed by atoms with Gasteiger partial charge in [0.2, 0.25) is 11.8 Å². The highest BCUT2D eigenvalue weighted by atomic mass is 16.6. The molecule has 1 saturated carbocycles. The first-order chi connectivity index (χ1) is 17.7. The van der Waals surface area contributed by atoms with Gasteiger partial charge in [0.1, 0.15) is 23.8 Å². The van der Waals surface area contributed by atoms with Crippen molar-refractivity contribution < 1.29 is 29.0 Å². The number of hydrogen-bond acceptors (Lipinski definition) is 6. The Morgan fingerprint density at radius 3 is 2.13 bits per heavy atom. The summed E-state index contributed by atoms with van der Waals surface area (Å²) in [7, 11) is 0. The molecule has 2 heterocycles. The summed E-state index contributed by atoms with van der Waals surface area (Å²) in [4.78, 5) is 53.9. The molecule has 3 fully saturated rings. The van der Waals surface area contributed by atoms with Crippen LogP contribution < -0.4 is 10.6 Å². The zero-order chi connectivity index (χ0) is 28.3. The molecule has 0 aromatic heterocycles. The molecule has 3 amide bonds. The molecule has 6 atom stereocenters. The van der Waals surface area contributed by atoms with Crippen molar-refractivity contribution in [3.05, 3.63) is 0 Å². The van der Waals surface area contributed by atoms with Crippen LogP contribution in [-0.4, -0.2) is 70.1 Å². The highest BCUT2D eigenvalue weighted by molar-refractivity contribution is 5.93. The second-order valence-electron chi connectivity index (χ2n) is 13.2. The molecule has 3 rings (SSSR count). The summed E-state index contributed by atoms with van der Waals surface area (Å²) in [6.07, 6.45) is 6.92. The number of aliphatic hydroxyl groups is 1. The summed E-state index contributed by atoms with van der Waals surface area (Å²) in [6, 6.07) is -2.18. The molecule has 2 aliphatic heterocycles. The Bertz CT molecular complexity index is 882. The molecule has 9 nitrogen and oxygen atoms in total. The molecule has 3 aliphatic rings. The molecule has 0 spiro atoms. The summed E-state index contributed by atoms with van der Waals surface area (Å²) >= 11 is 0. The van der Waals surface area contributed by atoms with Crippen LogP contribution in [0.25, 0.3) is 0 Å². The van der Waals surface area contributed by atoms with Gasteiger partial charge in [-0.15, -0.1) is 0 Å². The first-order valence-electron chi connectivity index (χ1n) is 14.5. The first kappa shape index (κ1) is 30.4. The highest BCUT2D eigenvalue weighted by Gasteiger charge is 2.69. The Morgan fingerprint density at radius 1 is 1.03 bits per heavy atom. The monoisotopic (exact) mass is 535 g/mol. The number of carbonyl (C=O) groups excluding carboxylic acids is 4. The van der Waals surface area contributed by atoms with Crippen LogP contribution in [0.2, 0.25) is 0 Å². The fraction of sp³-hybridized carbons (Fsp3) is 0.862. The minimum Gasteiger partial charge on any atom is -0.444 e. The maximum absolute atomic E-state index is 13.9. The Balaban J connectivity index is 1.86. The predicted molar refractivity (Wildman–Crippen MR) is 144 cm³/mol. The topological polar surface area (TPSA) is 125 Å². The van der Waals surface area contributed by atoms with Gasteiger partial charge in [-0.2, -0.15) is 0 Å². The lowest BCUT2D eigenvalue weighted by molar-refractivity contribution is -0.143. The van der Waals surface area contributed by atoms with Gasteiger partial charge in [0, 0.05) is 6.54 Å². The average molecular weight is 536 g/mol. The number of ketones is 1. The maximum Gasteiger partial charge on any atom is 0.408 e. The van der Waals surface area contributed by atoms with Crippen LogP contribution in [0.1, 0.15) is 106 Å². The van der Waals surface area contributed by atoms with E-state index in [2.05, 4.69) is 24.5 Å². The minimum atomic E-state index is -1.28. The fourth-order valence-electron chi connectivity index (χ4n) is 6.35. The molecular formula is C29H49N3O6. The molecule has 0 bridgehead atoms. The second-order valence-corrected chi connectivity index (χ2v) is 13.2. The molecular weight excluding hydrogens is 486 g/mol. The maximum atomic E-state index is 13.9. The largest absolute Gasteiger partial charge is 0.444 e. The highest BCUT2D eigenvalue weighted by Crippen LogP contribution is 2.65. The van der Waals surface area contributed by atoms with E-state index in [1.165, 1.54) is 6.92 Å². The standard InChI is InChI=1S/C29H49N3O6/c1-18(33)24(34)20-15-13-11-9-7-8-10-12-14-16-21(31-27(37)38-28(2,3)4)26(36)32-17-19-22(29(19,5)6)23(32)25(35)30-20/h19-24,34H,7-17H2,1-6H3,(H,30,35)(H,31,37)/t19-,20-,21-,22-,23-,24?/m0/s1.